The molecule has 0 saturated heterocycles. The molecule has 0 aromatic heterocycles. The Hall–Kier alpha value is -3.21. The molecule has 1 fully saturated rings. The number of allylic oxidation sites excluding steroid dienone is 1. The largest absolute Gasteiger partial charge is 0.462 e. The predicted molar refractivity (Wildman–Crippen MR) is 136 cm³/mol. The van der Waals surface area contributed by atoms with Crippen LogP contribution in [0.15, 0.2) is 70.9 Å². The number of esters is 1. The van der Waals surface area contributed by atoms with Gasteiger partial charge in [-0.3, -0.25) is 9.79 Å². The van der Waals surface area contributed by atoms with Gasteiger partial charge in [0.25, 0.3) is 0 Å². The molecule has 2 atom stereocenters. The van der Waals surface area contributed by atoms with Crippen molar-refractivity contribution in [2.24, 2.45) is 10.9 Å². The Labute approximate surface area is 202 Å². The van der Waals surface area contributed by atoms with Crippen molar-refractivity contribution >= 4 is 23.2 Å². The summed E-state index contributed by atoms with van der Waals surface area (Å²) in [7, 11) is 0. The third kappa shape index (κ3) is 4.98. The third-order valence-corrected chi connectivity index (χ3v) is 6.97. The molecule has 0 bridgehead atoms. The van der Waals surface area contributed by atoms with Crippen molar-refractivity contribution in [3.8, 4) is 0 Å². The van der Waals surface area contributed by atoms with Gasteiger partial charge in [-0.25, -0.2) is 4.79 Å². The lowest BCUT2D eigenvalue weighted by molar-refractivity contribution is -0.139. The average molecular weight is 459 g/mol. The van der Waals surface area contributed by atoms with Crippen molar-refractivity contribution in [2.45, 2.75) is 52.4 Å². The molecule has 1 saturated carbocycles. The maximum absolute atomic E-state index is 13.4. The number of rotatable bonds is 8. The van der Waals surface area contributed by atoms with E-state index in [2.05, 4.69) is 43.0 Å². The van der Waals surface area contributed by atoms with Crippen LogP contribution in [0.25, 0.3) is 0 Å². The van der Waals surface area contributed by atoms with E-state index in [1.165, 1.54) is 0 Å². The number of hydrogen-bond donors (Lipinski definition) is 0. The molecule has 5 nitrogen and oxygen atoms in total. The quantitative estimate of drug-likeness (QED) is 0.490. The summed E-state index contributed by atoms with van der Waals surface area (Å²) < 4.78 is 5.73. The predicted octanol–water partition coefficient (Wildman–Crippen LogP) is 5.50. The lowest BCUT2D eigenvalue weighted by Gasteiger charge is -2.35. The molecule has 1 aliphatic carbocycles. The molecule has 1 heterocycles. The van der Waals surface area contributed by atoms with Gasteiger partial charge in [0.15, 0.2) is 0 Å². The van der Waals surface area contributed by atoms with E-state index in [4.69, 9.17) is 9.73 Å². The van der Waals surface area contributed by atoms with Gasteiger partial charge in [0.05, 0.1) is 18.1 Å². The second-order valence-corrected chi connectivity index (χ2v) is 9.01. The molecule has 1 unspecified atom stereocenters. The normalized spacial score (nSPS) is 20.0. The zero-order valence-corrected chi connectivity index (χ0v) is 20.4. The molecule has 0 spiro atoms. The highest BCUT2D eigenvalue weighted by atomic mass is 16.5. The minimum absolute atomic E-state index is 0.171. The summed E-state index contributed by atoms with van der Waals surface area (Å²) in [6, 6.07) is 18.3. The van der Waals surface area contributed by atoms with Crippen molar-refractivity contribution < 1.29 is 14.3 Å². The van der Waals surface area contributed by atoms with E-state index in [1.54, 1.807) is 0 Å². The van der Waals surface area contributed by atoms with Gasteiger partial charge in [-0.15, -0.1) is 0 Å². The van der Waals surface area contributed by atoms with Crippen LogP contribution in [-0.4, -0.2) is 37.2 Å². The van der Waals surface area contributed by atoms with Crippen LogP contribution in [-0.2, 0) is 20.7 Å². The highest BCUT2D eigenvalue weighted by Crippen LogP contribution is 2.43. The summed E-state index contributed by atoms with van der Waals surface area (Å²) in [4.78, 5) is 33.5. The number of anilines is 1. The second-order valence-electron chi connectivity index (χ2n) is 9.01. The molecule has 2 aromatic rings. The van der Waals surface area contributed by atoms with Gasteiger partial charge in [0, 0.05) is 48.9 Å². The Morgan fingerprint density at radius 2 is 1.71 bits per heavy atom. The van der Waals surface area contributed by atoms with Crippen molar-refractivity contribution in [1.82, 2.24) is 0 Å². The number of aliphatic imine (C=N–C) groups is 1. The van der Waals surface area contributed by atoms with Gasteiger partial charge in [-0.2, -0.15) is 0 Å². The molecule has 2 aromatic carbocycles. The van der Waals surface area contributed by atoms with Gasteiger partial charge >= 0.3 is 5.97 Å². The SMILES string of the molecule is CCN(CC)c1ccc([C@H]2C(C(=O)OCCc3ccccc3)=C(C)N=C3CCCC(=O)C32)cc1. The van der Waals surface area contributed by atoms with E-state index in [1.807, 2.05) is 37.3 Å². The van der Waals surface area contributed by atoms with E-state index >= 15 is 0 Å². The molecule has 4 rings (SSSR count). The van der Waals surface area contributed by atoms with Crippen molar-refractivity contribution in [3.63, 3.8) is 0 Å². The number of fused-ring (bicyclic) bond motifs is 1. The highest BCUT2D eigenvalue weighted by molar-refractivity contribution is 6.11. The van der Waals surface area contributed by atoms with Gasteiger partial charge in [-0.1, -0.05) is 42.5 Å². The molecular formula is C29H34N2O3. The second kappa shape index (κ2) is 10.8. The van der Waals surface area contributed by atoms with Gasteiger partial charge in [-0.05, 0) is 56.9 Å². The first-order valence-corrected chi connectivity index (χ1v) is 12.4. The number of nitrogens with zero attached hydrogens (tertiary/aromatic N) is 2. The summed E-state index contributed by atoms with van der Waals surface area (Å²) in [6.07, 6.45) is 2.82. The van der Waals surface area contributed by atoms with Gasteiger partial charge in [0.1, 0.15) is 5.78 Å². The molecular weight excluding hydrogens is 424 g/mol. The topological polar surface area (TPSA) is 59.0 Å². The van der Waals surface area contributed by atoms with Crippen LogP contribution >= 0.6 is 0 Å². The maximum Gasteiger partial charge on any atom is 0.336 e. The summed E-state index contributed by atoms with van der Waals surface area (Å²) in [5, 5.41) is 0. The minimum atomic E-state index is -0.381. The maximum atomic E-state index is 13.4. The molecule has 0 amide bonds. The number of ether oxygens (including phenoxy) is 1. The Morgan fingerprint density at radius 3 is 2.38 bits per heavy atom. The molecule has 0 radical (unpaired) electrons. The fourth-order valence-corrected chi connectivity index (χ4v) is 5.21. The van der Waals surface area contributed by atoms with Gasteiger partial charge < -0.3 is 9.64 Å². The Kier molecular flexibility index (Phi) is 7.61. The van der Waals surface area contributed by atoms with Crippen LogP contribution in [0.3, 0.4) is 0 Å². The van der Waals surface area contributed by atoms with Crippen molar-refractivity contribution in [1.29, 1.82) is 0 Å². The summed E-state index contributed by atoms with van der Waals surface area (Å²) in [5.41, 5.74) is 5.33. The van der Waals surface area contributed by atoms with Crippen LogP contribution in [0.2, 0.25) is 0 Å². The van der Waals surface area contributed by atoms with E-state index < -0.39 is 0 Å². The number of Topliss-reactive ketones (excluding diaryl/α,β-unsaturated/α-hetero) is 1. The fraction of sp³-hybridized carbons (Fsp3) is 0.414. The average Bonchev–Trinajstić information content (AvgIpc) is 2.85. The van der Waals surface area contributed by atoms with E-state index in [0.29, 0.717) is 30.7 Å². The van der Waals surface area contributed by atoms with E-state index in [9.17, 15) is 9.59 Å². The smallest absolute Gasteiger partial charge is 0.336 e. The summed E-state index contributed by atoms with van der Waals surface area (Å²) in [5.74, 6) is -0.930. The number of carbonyl (C=O) groups excluding carboxylic acids is 2. The molecule has 5 heteroatoms. The highest BCUT2D eigenvalue weighted by Gasteiger charge is 2.43. The molecule has 2 aliphatic rings. The lowest BCUT2D eigenvalue weighted by Crippen LogP contribution is -2.39. The van der Waals surface area contributed by atoms with E-state index in [-0.39, 0.29) is 23.6 Å². The zero-order chi connectivity index (χ0) is 24.1. The molecule has 0 N–H and O–H groups in total. The summed E-state index contributed by atoms with van der Waals surface area (Å²) >= 11 is 0. The van der Waals surface area contributed by atoms with Gasteiger partial charge in [0.2, 0.25) is 0 Å². The molecule has 178 valence electrons. The fourth-order valence-electron chi connectivity index (χ4n) is 5.21. The lowest BCUT2D eigenvalue weighted by atomic mass is 9.69. The molecule has 1 aliphatic heterocycles. The van der Waals surface area contributed by atoms with E-state index in [0.717, 1.165) is 48.5 Å². The molecule has 34 heavy (non-hydrogen) atoms. The zero-order valence-electron chi connectivity index (χ0n) is 20.4. The monoisotopic (exact) mass is 458 g/mol. The number of benzene rings is 2. The number of ketones is 1. The number of carbonyl (C=O) groups is 2. The van der Waals surface area contributed by atoms with Crippen LogP contribution in [0.4, 0.5) is 5.69 Å². The minimum Gasteiger partial charge on any atom is -0.462 e. The Bertz CT molecular complexity index is 1080. The first-order chi connectivity index (χ1) is 16.5. The third-order valence-electron chi connectivity index (χ3n) is 6.97. The number of hydrogen-bond acceptors (Lipinski definition) is 5. The van der Waals surface area contributed by atoms with Crippen LogP contribution in [0.1, 0.15) is 57.1 Å². The van der Waals surface area contributed by atoms with Crippen LogP contribution in [0, 0.1) is 5.92 Å². The first kappa shape index (κ1) is 23.9. The van der Waals surface area contributed by atoms with Crippen LogP contribution in [0.5, 0.6) is 0 Å². The first-order valence-electron chi connectivity index (χ1n) is 12.4. The standard InChI is InChI=1S/C29H34N2O3/c1-4-31(5-2)23-16-14-22(15-17-23)27-26(20(3)30-24-12-9-13-25(32)28(24)27)29(33)34-19-18-21-10-7-6-8-11-21/h6-8,10-11,14-17,27-28H,4-5,9,12-13,18-19H2,1-3H3/t27-,28?/m0/s1. The van der Waals surface area contributed by atoms with Crippen molar-refractivity contribution in [3.05, 3.63) is 77.0 Å². The Balaban J connectivity index is 1.63. The van der Waals surface area contributed by atoms with Crippen molar-refractivity contribution in [2.75, 3.05) is 24.6 Å². The summed E-state index contributed by atoms with van der Waals surface area (Å²) in [6.45, 7) is 8.29. The van der Waals surface area contributed by atoms with Crippen LogP contribution < -0.4 is 4.90 Å². The Morgan fingerprint density at radius 1 is 1.00 bits per heavy atom.